The zero-order chi connectivity index (χ0) is 12.6. The van der Waals surface area contributed by atoms with Gasteiger partial charge in [0.25, 0.3) is 0 Å². The molecule has 0 amide bonds. The van der Waals surface area contributed by atoms with Crippen LogP contribution in [0.2, 0.25) is 0 Å². The summed E-state index contributed by atoms with van der Waals surface area (Å²) in [6.45, 7) is -2.75. The van der Waals surface area contributed by atoms with E-state index in [2.05, 4.69) is 14.5 Å². The number of nitrogens with two attached hydrogens (primary N) is 1. The predicted octanol–water partition coefficient (Wildman–Crippen LogP) is -0.311. The Balaban J connectivity index is 3.94. The molecule has 0 atom stereocenters. The monoisotopic (exact) mass is 248 g/mol. The van der Waals surface area contributed by atoms with Gasteiger partial charge in [-0.3, -0.25) is 0 Å². The average molecular weight is 248 g/mol. The highest BCUT2D eigenvalue weighted by molar-refractivity contribution is 5.67. The molecule has 0 saturated carbocycles. The van der Waals surface area contributed by atoms with Crippen LogP contribution in [0.25, 0.3) is 0 Å². The third-order valence-electron chi connectivity index (χ3n) is 0.942. The number of carboxylic acids is 1. The third-order valence-corrected chi connectivity index (χ3v) is 0.942. The number of carboxylic acid groups (broad SMARTS) is 1. The zero-order valence-electron chi connectivity index (χ0n) is 8.07. The van der Waals surface area contributed by atoms with Crippen LogP contribution in [0.4, 0.5) is 13.2 Å². The quantitative estimate of drug-likeness (QED) is 0.569. The van der Waals surface area contributed by atoms with E-state index < -0.39 is 25.4 Å². The van der Waals surface area contributed by atoms with Crippen LogP contribution in [-0.4, -0.2) is 49.0 Å². The van der Waals surface area contributed by atoms with Crippen LogP contribution >= 0.6 is 0 Å². The number of rotatable bonds is 8. The van der Waals surface area contributed by atoms with Gasteiger partial charge >= 0.3 is 12.1 Å². The number of nitrogens with zero attached hydrogens (tertiary/aromatic N) is 1. The maximum Gasteiger partial charge on any atom is 0.413 e. The molecule has 0 aromatic rings. The first-order chi connectivity index (χ1) is 7.35. The minimum absolute atomic E-state index is 0.00229. The Morgan fingerprint density at radius 1 is 1.31 bits per heavy atom. The lowest BCUT2D eigenvalue weighted by atomic mass is 10.7. The zero-order valence-corrected chi connectivity index (χ0v) is 8.07. The highest BCUT2D eigenvalue weighted by Gasteiger charge is 2.30. The van der Waals surface area contributed by atoms with E-state index in [0.717, 1.165) is 0 Å². The highest BCUT2D eigenvalue weighted by Crippen LogP contribution is 2.15. The lowest BCUT2D eigenvalue weighted by Gasteiger charge is -2.19. The molecule has 10 heteroatoms. The van der Waals surface area contributed by atoms with E-state index in [1.165, 1.54) is 0 Å². The van der Waals surface area contributed by atoms with Crippen molar-refractivity contribution in [2.45, 2.75) is 6.18 Å². The van der Waals surface area contributed by atoms with Crippen molar-refractivity contribution in [2.75, 3.05) is 26.4 Å². The van der Waals surface area contributed by atoms with Gasteiger partial charge in [-0.2, -0.15) is 13.2 Å². The second kappa shape index (κ2) is 7.35. The van der Waals surface area contributed by atoms with Gasteiger partial charge in [-0.05, 0) is 0 Å². The summed E-state index contributed by atoms with van der Waals surface area (Å²) < 4.78 is 35.2. The lowest BCUT2D eigenvalue weighted by Crippen LogP contribution is -2.33. The molecule has 0 aromatic heterocycles. The van der Waals surface area contributed by atoms with E-state index in [9.17, 15) is 18.0 Å². The van der Waals surface area contributed by atoms with Gasteiger partial charge in [-0.1, -0.05) is 0 Å². The first-order valence-electron chi connectivity index (χ1n) is 4.02. The average Bonchev–Trinajstić information content (AvgIpc) is 2.15. The molecule has 0 bridgehead atoms. The summed E-state index contributed by atoms with van der Waals surface area (Å²) in [6.07, 6.45) is -4.59. The molecule has 0 spiro atoms. The second-order valence-electron chi connectivity index (χ2n) is 2.40. The summed E-state index contributed by atoms with van der Waals surface area (Å²) in [7, 11) is 0. The molecule has 0 aliphatic carbocycles. The third kappa shape index (κ3) is 9.61. The van der Waals surface area contributed by atoms with Gasteiger partial charge in [0.15, 0.2) is 13.2 Å². The van der Waals surface area contributed by atoms with E-state index in [1.54, 1.807) is 0 Å². The van der Waals surface area contributed by atoms with Gasteiger partial charge in [0.05, 0.1) is 12.0 Å². The van der Waals surface area contributed by atoms with E-state index in [-0.39, 0.29) is 18.5 Å². The number of carbonyl (C=O) groups is 1. The molecule has 0 fully saturated rings. The Morgan fingerprint density at radius 3 is 2.38 bits per heavy atom. The minimum Gasteiger partial charge on any atom is -0.479 e. The Morgan fingerprint density at radius 2 is 1.94 bits per heavy atom. The normalized spacial score (nSPS) is 12.1. The molecule has 0 unspecified atom stereocenters. The summed E-state index contributed by atoms with van der Waals surface area (Å²) in [5.74, 6) is -1.39. The Hall–Kier alpha value is -0.940. The smallest absolute Gasteiger partial charge is 0.413 e. The molecule has 0 aliphatic heterocycles. The van der Waals surface area contributed by atoms with Crippen LogP contribution in [0.3, 0.4) is 0 Å². The van der Waals surface area contributed by atoms with E-state index in [4.69, 9.17) is 10.8 Å². The summed E-state index contributed by atoms with van der Waals surface area (Å²) >= 11 is 0. The van der Waals surface area contributed by atoms with Crippen LogP contribution in [0.15, 0.2) is 0 Å². The molecule has 0 aromatic carbocycles. The molecule has 0 rings (SSSR count). The van der Waals surface area contributed by atoms with Crippen molar-refractivity contribution >= 4 is 5.97 Å². The van der Waals surface area contributed by atoms with Gasteiger partial charge in [0, 0.05) is 6.54 Å². The molecular weight excluding hydrogens is 237 g/mol. The summed E-state index contributed by atoms with van der Waals surface area (Å²) in [6, 6.07) is 0. The molecule has 0 radical (unpaired) electrons. The van der Waals surface area contributed by atoms with E-state index in [0.29, 0.717) is 0 Å². The molecule has 0 aliphatic rings. The van der Waals surface area contributed by atoms with Crippen molar-refractivity contribution in [3.05, 3.63) is 0 Å². The van der Waals surface area contributed by atoms with Crippen LogP contribution in [0.5, 0.6) is 0 Å². The number of hydrogen-bond donors (Lipinski definition) is 2. The van der Waals surface area contributed by atoms with Crippen LogP contribution in [-0.2, 0) is 19.3 Å². The maximum atomic E-state index is 11.7. The number of alkyl halides is 3. The molecule has 3 N–H and O–H groups in total. The van der Waals surface area contributed by atoms with Gasteiger partial charge in [-0.25, -0.2) is 19.3 Å². The van der Waals surface area contributed by atoms with Crippen molar-refractivity contribution < 1.29 is 37.6 Å². The van der Waals surface area contributed by atoms with E-state index >= 15 is 0 Å². The predicted molar refractivity (Wildman–Crippen MR) is 42.4 cm³/mol. The Labute approximate surface area is 88.3 Å². The lowest BCUT2D eigenvalue weighted by molar-refractivity contribution is -0.532. The molecule has 0 saturated heterocycles. The largest absolute Gasteiger partial charge is 0.479 e. The molecule has 16 heavy (non-hydrogen) atoms. The van der Waals surface area contributed by atoms with Crippen LogP contribution in [0, 0.1) is 0 Å². The van der Waals surface area contributed by atoms with Crippen LogP contribution < -0.4 is 5.73 Å². The molecule has 96 valence electrons. The van der Waals surface area contributed by atoms with Gasteiger partial charge in [0.1, 0.15) is 0 Å². The first-order valence-corrected chi connectivity index (χ1v) is 4.02. The fraction of sp³-hybridized carbons (Fsp3) is 0.833. The van der Waals surface area contributed by atoms with Gasteiger partial charge in [0.2, 0.25) is 0 Å². The first kappa shape index (κ1) is 15.1. The summed E-state index contributed by atoms with van der Waals surface area (Å²) in [4.78, 5) is 22.7. The Kier molecular flexibility index (Phi) is 6.92. The summed E-state index contributed by atoms with van der Waals surface area (Å²) in [5, 5.41) is 8.19. The van der Waals surface area contributed by atoms with Crippen LogP contribution in [0.1, 0.15) is 0 Å². The Bertz CT molecular complexity index is 213. The van der Waals surface area contributed by atoms with E-state index in [1.807, 2.05) is 0 Å². The SMILES string of the molecule is NCCON(OCC(=O)O)OCC(F)(F)F. The summed E-state index contributed by atoms with van der Waals surface area (Å²) in [5.41, 5.74) is 5.01. The number of hydrogen-bond acceptors (Lipinski definition) is 6. The molecule has 7 nitrogen and oxygen atoms in total. The van der Waals surface area contributed by atoms with Gasteiger partial charge in [-0.15, -0.1) is 0 Å². The maximum absolute atomic E-state index is 11.7. The number of aliphatic carboxylic acids is 1. The highest BCUT2D eigenvalue weighted by atomic mass is 19.4. The second-order valence-corrected chi connectivity index (χ2v) is 2.40. The van der Waals surface area contributed by atoms with Crippen molar-refractivity contribution in [1.82, 2.24) is 5.39 Å². The van der Waals surface area contributed by atoms with Gasteiger partial charge < -0.3 is 10.8 Å². The number of halogens is 3. The van der Waals surface area contributed by atoms with Crippen molar-refractivity contribution in [1.29, 1.82) is 0 Å². The van der Waals surface area contributed by atoms with Crippen molar-refractivity contribution in [3.8, 4) is 0 Å². The fourth-order valence-corrected chi connectivity index (χ4v) is 0.473. The minimum atomic E-state index is -4.59. The fourth-order valence-electron chi connectivity index (χ4n) is 0.473. The standard InChI is InChI=1S/C6H11F3N2O5/c7-6(8,9)4-16-11(14-2-1-10)15-3-5(12)13/h1-4,10H2,(H,12,13). The molecular formula is C6H11F3N2O5. The van der Waals surface area contributed by atoms with Crippen molar-refractivity contribution in [3.63, 3.8) is 0 Å². The molecule has 0 heterocycles. The topological polar surface area (TPSA) is 94.2 Å². The van der Waals surface area contributed by atoms with Crippen molar-refractivity contribution in [2.24, 2.45) is 5.73 Å².